The number of imidazole rings is 1. The van der Waals surface area contributed by atoms with Crippen LogP contribution in [0.4, 0.5) is 0 Å². The Labute approximate surface area is 165 Å². The molecule has 0 bridgehead atoms. The van der Waals surface area contributed by atoms with Gasteiger partial charge in [0.25, 0.3) is 0 Å². The number of hydrogen-bond acceptors (Lipinski definition) is 6. The summed E-state index contributed by atoms with van der Waals surface area (Å²) in [6, 6.07) is 10.1. The molecule has 0 N–H and O–H groups in total. The zero-order valence-corrected chi connectivity index (χ0v) is 16.9. The van der Waals surface area contributed by atoms with E-state index in [1.54, 1.807) is 19.8 Å². The summed E-state index contributed by atoms with van der Waals surface area (Å²) in [7, 11) is 1.69. The quantitative estimate of drug-likeness (QED) is 0.531. The SMILES string of the molecule is CCC(OC(C)n1cnc2c(C)ncnc21)C(COCc1ccccc1)OC. The highest BCUT2D eigenvalue weighted by molar-refractivity contribution is 5.72. The summed E-state index contributed by atoms with van der Waals surface area (Å²) >= 11 is 0. The van der Waals surface area contributed by atoms with Gasteiger partial charge in [-0.3, -0.25) is 4.57 Å². The molecule has 1 aromatic carbocycles. The standard InChI is InChI=1S/C21H28N4O3/c1-5-18(19(26-4)12-27-11-17-9-7-6-8-10-17)28-16(3)25-14-24-20-15(2)22-13-23-21(20)25/h6-10,13-14,16,18-19H,5,11-12H2,1-4H3. The maximum Gasteiger partial charge on any atom is 0.165 e. The first-order valence-electron chi connectivity index (χ1n) is 9.58. The lowest BCUT2D eigenvalue weighted by atomic mass is 10.1. The number of fused-ring (bicyclic) bond motifs is 1. The largest absolute Gasteiger partial charge is 0.376 e. The number of aromatic nitrogens is 4. The fourth-order valence-corrected chi connectivity index (χ4v) is 3.19. The molecule has 2 aromatic heterocycles. The van der Waals surface area contributed by atoms with Crippen LogP contribution in [0.1, 0.15) is 37.8 Å². The van der Waals surface area contributed by atoms with Gasteiger partial charge < -0.3 is 14.2 Å². The molecular formula is C21H28N4O3. The summed E-state index contributed by atoms with van der Waals surface area (Å²) in [5.41, 5.74) is 3.55. The molecule has 7 nitrogen and oxygen atoms in total. The third kappa shape index (κ3) is 4.73. The molecule has 3 atom stereocenters. The topological polar surface area (TPSA) is 71.3 Å². The van der Waals surface area contributed by atoms with Crippen molar-refractivity contribution in [1.82, 2.24) is 19.5 Å². The van der Waals surface area contributed by atoms with Crippen molar-refractivity contribution >= 4 is 11.2 Å². The number of aryl methyl sites for hydroxylation is 1. The first-order chi connectivity index (χ1) is 13.6. The molecule has 150 valence electrons. The predicted octanol–water partition coefficient (Wildman–Crippen LogP) is 3.68. The molecule has 0 spiro atoms. The van der Waals surface area contributed by atoms with E-state index >= 15 is 0 Å². The molecule has 0 radical (unpaired) electrons. The summed E-state index contributed by atoms with van der Waals surface area (Å²) in [4.78, 5) is 13.0. The first-order valence-corrected chi connectivity index (χ1v) is 9.58. The van der Waals surface area contributed by atoms with Crippen LogP contribution in [0.25, 0.3) is 11.2 Å². The molecule has 0 aliphatic carbocycles. The summed E-state index contributed by atoms with van der Waals surface area (Å²) in [6.45, 7) is 7.00. The molecule has 2 heterocycles. The minimum Gasteiger partial charge on any atom is -0.376 e. The number of methoxy groups -OCH3 is 1. The molecule has 0 fully saturated rings. The molecule has 0 saturated heterocycles. The maximum atomic E-state index is 6.31. The van der Waals surface area contributed by atoms with Crippen LogP contribution < -0.4 is 0 Å². The third-order valence-electron chi connectivity index (χ3n) is 4.82. The van der Waals surface area contributed by atoms with Gasteiger partial charge in [-0.05, 0) is 25.8 Å². The van der Waals surface area contributed by atoms with Crippen molar-refractivity contribution in [2.24, 2.45) is 0 Å². The highest BCUT2D eigenvalue weighted by Crippen LogP contribution is 2.22. The third-order valence-corrected chi connectivity index (χ3v) is 4.82. The maximum absolute atomic E-state index is 6.31. The van der Waals surface area contributed by atoms with E-state index in [1.807, 2.05) is 48.7 Å². The fourth-order valence-electron chi connectivity index (χ4n) is 3.19. The Balaban J connectivity index is 1.63. The van der Waals surface area contributed by atoms with E-state index < -0.39 is 0 Å². The van der Waals surface area contributed by atoms with E-state index in [0.717, 1.165) is 28.8 Å². The van der Waals surface area contributed by atoms with E-state index in [2.05, 4.69) is 21.9 Å². The molecule has 7 heteroatoms. The molecular weight excluding hydrogens is 356 g/mol. The second kappa shape index (κ2) is 9.73. The lowest BCUT2D eigenvalue weighted by Gasteiger charge is -2.28. The number of benzene rings is 1. The van der Waals surface area contributed by atoms with Gasteiger partial charge in [0, 0.05) is 7.11 Å². The van der Waals surface area contributed by atoms with Crippen LogP contribution in [-0.2, 0) is 20.8 Å². The Bertz CT molecular complexity index is 868. The van der Waals surface area contributed by atoms with Crippen molar-refractivity contribution in [3.8, 4) is 0 Å². The number of ether oxygens (including phenoxy) is 3. The lowest BCUT2D eigenvalue weighted by molar-refractivity contribution is -0.130. The van der Waals surface area contributed by atoms with Gasteiger partial charge in [0.05, 0.1) is 31.3 Å². The van der Waals surface area contributed by atoms with Gasteiger partial charge in [-0.2, -0.15) is 0 Å². The van der Waals surface area contributed by atoms with Crippen LogP contribution in [0.3, 0.4) is 0 Å². The summed E-state index contributed by atoms with van der Waals surface area (Å²) in [5.74, 6) is 0. The zero-order valence-electron chi connectivity index (χ0n) is 16.9. The fraction of sp³-hybridized carbons (Fsp3) is 0.476. The average Bonchev–Trinajstić information content (AvgIpc) is 3.16. The van der Waals surface area contributed by atoms with Gasteiger partial charge in [-0.15, -0.1) is 0 Å². The second-order valence-electron chi connectivity index (χ2n) is 6.74. The molecule has 0 aliphatic heterocycles. The van der Waals surface area contributed by atoms with Crippen LogP contribution in [0.15, 0.2) is 43.0 Å². The molecule has 28 heavy (non-hydrogen) atoms. The number of nitrogens with zero attached hydrogens (tertiary/aromatic N) is 4. The molecule has 3 unspecified atom stereocenters. The van der Waals surface area contributed by atoms with Crippen LogP contribution in [-0.4, -0.2) is 45.4 Å². The summed E-state index contributed by atoms with van der Waals surface area (Å²) in [5, 5.41) is 0. The van der Waals surface area contributed by atoms with E-state index in [4.69, 9.17) is 14.2 Å². The van der Waals surface area contributed by atoms with E-state index in [-0.39, 0.29) is 18.4 Å². The average molecular weight is 384 g/mol. The predicted molar refractivity (Wildman–Crippen MR) is 107 cm³/mol. The number of rotatable bonds is 10. The molecule has 0 amide bonds. The lowest BCUT2D eigenvalue weighted by Crippen LogP contribution is -2.36. The van der Waals surface area contributed by atoms with Crippen molar-refractivity contribution in [2.75, 3.05) is 13.7 Å². The number of hydrogen-bond donors (Lipinski definition) is 0. The van der Waals surface area contributed by atoms with Crippen LogP contribution >= 0.6 is 0 Å². The van der Waals surface area contributed by atoms with Gasteiger partial charge in [-0.25, -0.2) is 15.0 Å². The minimum absolute atomic E-state index is 0.115. The van der Waals surface area contributed by atoms with Gasteiger partial charge in [0.15, 0.2) is 5.65 Å². The second-order valence-corrected chi connectivity index (χ2v) is 6.74. The normalized spacial score (nSPS) is 14.9. The van der Waals surface area contributed by atoms with E-state index in [9.17, 15) is 0 Å². The van der Waals surface area contributed by atoms with Crippen molar-refractivity contribution in [2.45, 2.75) is 52.2 Å². The van der Waals surface area contributed by atoms with Crippen LogP contribution in [0.2, 0.25) is 0 Å². The monoisotopic (exact) mass is 384 g/mol. The minimum atomic E-state index is -0.240. The van der Waals surface area contributed by atoms with Crippen LogP contribution in [0.5, 0.6) is 0 Å². The highest BCUT2D eigenvalue weighted by atomic mass is 16.6. The van der Waals surface area contributed by atoms with Gasteiger partial charge in [0.1, 0.15) is 24.2 Å². The van der Waals surface area contributed by atoms with Crippen molar-refractivity contribution in [3.05, 3.63) is 54.2 Å². The van der Waals surface area contributed by atoms with Gasteiger partial charge in [0.2, 0.25) is 0 Å². The van der Waals surface area contributed by atoms with E-state index in [1.165, 1.54) is 0 Å². The Morgan fingerprint density at radius 3 is 2.57 bits per heavy atom. The van der Waals surface area contributed by atoms with Crippen molar-refractivity contribution < 1.29 is 14.2 Å². The van der Waals surface area contributed by atoms with E-state index in [0.29, 0.717) is 13.2 Å². The highest BCUT2D eigenvalue weighted by Gasteiger charge is 2.24. The Kier molecular flexibility index (Phi) is 7.08. The Morgan fingerprint density at radius 1 is 1.07 bits per heavy atom. The molecule has 0 saturated carbocycles. The van der Waals surface area contributed by atoms with Crippen LogP contribution in [0, 0.1) is 6.92 Å². The first kappa shape index (κ1) is 20.4. The van der Waals surface area contributed by atoms with Gasteiger partial charge in [-0.1, -0.05) is 37.3 Å². The summed E-state index contributed by atoms with van der Waals surface area (Å²) < 4.78 is 19.8. The smallest absolute Gasteiger partial charge is 0.165 e. The molecule has 3 aromatic rings. The Morgan fingerprint density at radius 2 is 1.86 bits per heavy atom. The molecule has 0 aliphatic rings. The zero-order chi connectivity index (χ0) is 19.9. The Hall–Kier alpha value is -2.35. The van der Waals surface area contributed by atoms with Crippen molar-refractivity contribution in [1.29, 1.82) is 0 Å². The molecule has 3 rings (SSSR count). The van der Waals surface area contributed by atoms with Crippen molar-refractivity contribution in [3.63, 3.8) is 0 Å². The van der Waals surface area contributed by atoms with Gasteiger partial charge >= 0.3 is 0 Å². The summed E-state index contributed by atoms with van der Waals surface area (Å²) in [6.07, 6.45) is 3.58.